The van der Waals surface area contributed by atoms with Gasteiger partial charge in [0.2, 0.25) is 0 Å². The normalized spacial score (nSPS) is 10.2. The summed E-state index contributed by atoms with van der Waals surface area (Å²) >= 11 is 0. The van der Waals surface area contributed by atoms with E-state index in [0.717, 1.165) is 16.9 Å². The van der Waals surface area contributed by atoms with Crippen LogP contribution >= 0.6 is 0 Å². The van der Waals surface area contributed by atoms with E-state index in [4.69, 9.17) is 0 Å². The Bertz CT molecular complexity index is 959. The molecule has 0 saturated heterocycles. The van der Waals surface area contributed by atoms with Gasteiger partial charge in [0, 0.05) is 0 Å². The monoisotopic (exact) mass is 376 g/mol. The molecule has 0 N–H and O–H groups in total. The van der Waals surface area contributed by atoms with Crippen molar-refractivity contribution in [3.8, 4) is 0 Å². The van der Waals surface area contributed by atoms with E-state index in [-0.39, 0.29) is 0 Å². The fourth-order valence-electron chi connectivity index (χ4n) is 3.73. The first-order chi connectivity index (χ1) is 13.6. The van der Waals surface area contributed by atoms with Crippen LogP contribution in [0.2, 0.25) is 0 Å². The molecule has 0 radical (unpaired) electrons. The second kappa shape index (κ2) is 12.4. The van der Waals surface area contributed by atoms with Gasteiger partial charge in [0.25, 0.3) is 0 Å². The highest BCUT2D eigenvalue weighted by Crippen LogP contribution is 2.20. The molecular weight excluding hydrogens is 336 g/mol. The molecule has 0 bridgehead atoms. The molecule has 3 aromatic carbocycles. The zero-order valence-electron chi connectivity index (χ0n) is 19.1. The van der Waals surface area contributed by atoms with Crippen LogP contribution in [-0.4, -0.2) is 0 Å². The van der Waals surface area contributed by atoms with E-state index < -0.39 is 0 Å². The van der Waals surface area contributed by atoms with E-state index in [9.17, 15) is 0 Å². The molecule has 0 aromatic heterocycles. The van der Waals surface area contributed by atoms with E-state index in [1.165, 1.54) is 64.8 Å². The SMILES string of the molecule is C=c1c2ccccc2c(=C)c2c(CC)ccc(C)c12.CC.CCCCCCC. The minimum Gasteiger partial charge on any atom is -0.0905 e. The Hall–Kier alpha value is -2.08. The molecule has 0 heteroatoms. The molecule has 0 amide bonds. The first kappa shape index (κ1) is 24.0. The zero-order chi connectivity index (χ0) is 21.1. The first-order valence-electron chi connectivity index (χ1n) is 11.2. The molecule has 28 heavy (non-hydrogen) atoms. The molecule has 0 aliphatic rings. The molecule has 0 atom stereocenters. The fourth-order valence-corrected chi connectivity index (χ4v) is 3.73. The molecule has 0 heterocycles. The number of fused-ring (bicyclic) bond motifs is 2. The van der Waals surface area contributed by atoms with Gasteiger partial charge >= 0.3 is 0 Å². The predicted molar refractivity (Wildman–Crippen MR) is 132 cm³/mol. The molecule has 3 rings (SSSR count). The minimum atomic E-state index is 1.02. The van der Waals surface area contributed by atoms with Crippen LogP contribution in [-0.2, 0) is 6.42 Å². The summed E-state index contributed by atoms with van der Waals surface area (Å²) in [4.78, 5) is 0. The molecule has 0 fully saturated rings. The third-order valence-electron chi connectivity index (χ3n) is 5.27. The Balaban J connectivity index is 0.000000372. The summed E-state index contributed by atoms with van der Waals surface area (Å²) in [5.74, 6) is 0. The lowest BCUT2D eigenvalue weighted by molar-refractivity contribution is 0.656. The van der Waals surface area contributed by atoms with Gasteiger partial charge in [-0.2, -0.15) is 0 Å². The van der Waals surface area contributed by atoms with Gasteiger partial charge in [0.05, 0.1) is 0 Å². The summed E-state index contributed by atoms with van der Waals surface area (Å²) in [6.07, 6.45) is 8.03. The lowest BCUT2D eigenvalue weighted by Crippen LogP contribution is -2.15. The van der Waals surface area contributed by atoms with Crippen LogP contribution in [0.5, 0.6) is 0 Å². The van der Waals surface area contributed by atoms with Gasteiger partial charge in [-0.15, -0.1) is 0 Å². The average Bonchev–Trinajstić information content (AvgIpc) is 2.74. The van der Waals surface area contributed by atoms with Crippen LogP contribution in [0.15, 0.2) is 36.4 Å². The smallest absolute Gasteiger partial charge is 0.00705 e. The van der Waals surface area contributed by atoms with Crippen LogP contribution in [0.4, 0.5) is 0 Å². The topological polar surface area (TPSA) is 0 Å². The Kier molecular flexibility index (Phi) is 10.6. The molecule has 152 valence electrons. The Morgan fingerprint density at radius 1 is 0.679 bits per heavy atom. The summed E-state index contributed by atoms with van der Waals surface area (Å²) in [7, 11) is 0. The lowest BCUT2D eigenvalue weighted by Gasteiger charge is -2.12. The van der Waals surface area contributed by atoms with Crippen molar-refractivity contribution in [3.05, 3.63) is 58.0 Å². The average molecular weight is 377 g/mol. The van der Waals surface area contributed by atoms with Crippen molar-refractivity contribution in [2.75, 3.05) is 0 Å². The van der Waals surface area contributed by atoms with Crippen molar-refractivity contribution in [2.45, 2.75) is 80.1 Å². The molecule has 0 aliphatic heterocycles. The standard InChI is InChI=1S/C19H18.C7H16.C2H6/c1-5-15-11-10-12(2)18-13(3)16-8-6-7-9-17(16)14(4)19(15)18;1-3-5-7-6-4-2;1-2/h6-11H,3-5H2,1-2H3;3-7H2,1-2H3;1-2H3. The Labute approximate surface area is 173 Å². The number of rotatable bonds is 5. The van der Waals surface area contributed by atoms with Crippen molar-refractivity contribution < 1.29 is 0 Å². The highest BCUT2D eigenvalue weighted by atomic mass is 14.1. The predicted octanol–water partition coefficient (Wildman–Crippen LogP) is 7.69. The van der Waals surface area contributed by atoms with Crippen molar-refractivity contribution in [3.63, 3.8) is 0 Å². The van der Waals surface area contributed by atoms with Crippen LogP contribution < -0.4 is 10.4 Å². The maximum atomic E-state index is 4.34. The van der Waals surface area contributed by atoms with Crippen molar-refractivity contribution in [1.29, 1.82) is 0 Å². The summed E-state index contributed by atoms with van der Waals surface area (Å²) in [6, 6.07) is 12.9. The number of benzene rings is 3. The molecule has 0 unspecified atom stereocenters. The van der Waals surface area contributed by atoms with Gasteiger partial charge in [-0.25, -0.2) is 0 Å². The second-order valence-corrected chi connectivity index (χ2v) is 7.21. The van der Waals surface area contributed by atoms with E-state index in [2.05, 4.69) is 77.3 Å². The fraction of sp³-hybridized carbons (Fsp3) is 0.429. The van der Waals surface area contributed by atoms with Gasteiger partial charge in [-0.3, -0.25) is 0 Å². The number of aryl methyl sites for hydroxylation is 2. The number of hydrogen-bond donors (Lipinski definition) is 0. The second-order valence-electron chi connectivity index (χ2n) is 7.21. The number of hydrogen-bond acceptors (Lipinski definition) is 0. The van der Waals surface area contributed by atoms with Crippen LogP contribution in [0.25, 0.3) is 34.7 Å². The van der Waals surface area contributed by atoms with E-state index in [1.807, 2.05) is 13.8 Å². The summed E-state index contributed by atoms with van der Waals surface area (Å²) in [5, 5.41) is 7.29. The van der Waals surface area contributed by atoms with E-state index in [0.29, 0.717) is 0 Å². The maximum absolute atomic E-state index is 4.34. The van der Waals surface area contributed by atoms with E-state index in [1.54, 1.807) is 0 Å². The van der Waals surface area contributed by atoms with Crippen LogP contribution in [0.3, 0.4) is 0 Å². The summed E-state index contributed by atoms with van der Waals surface area (Å²) in [5.41, 5.74) is 2.65. The Morgan fingerprint density at radius 2 is 1.18 bits per heavy atom. The van der Waals surface area contributed by atoms with Gasteiger partial charge in [-0.1, -0.05) is 116 Å². The van der Waals surface area contributed by atoms with E-state index >= 15 is 0 Å². The lowest BCUT2D eigenvalue weighted by atomic mass is 9.92. The van der Waals surface area contributed by atoms with Crippen LogP contribution in [0, 0.1) is 6.92 Å². The molecule has 3 aromatic rings. The van der Waals surface area contributed by atoms with Gasteiger partial charge in [-0.05, 0) is 56.5 Å². The molecule has 0 saturated carbocycles. The molecular formula is C28H40. The van der Waals surface area contributed by atoms with Gasteiger partial charge in [0.1, 0.15) is 0 Å². The van der Waals surface area contributed by atoms with Gasteiger partial charge < -0.3 is 0 Å². The van der Waals surface area contributed by atoms with Crippen LogP contribution in [0.1, 0.15) is 77.8 Å². The first-order valence-corrected chi connectivity index (χ1v) is 11.2. The maximum Gasteiger partial charge on any atom is -0.00705 e. The molecule has 0 spiro atoms. The van der Waals surface area contributed by atoms with Crippen molar-refractivity contribution in [2.24, 2.45) is 0 Å². The summed E-state index contributed by atoms with van der Waals surface area (Å²) < 4.78 is 0. The molecule has 0 nitrogen and oxygen atoms in total. The Morgan fingerprint density at radius 3 is 1.64 bits per heavy atom. The van der Waals surface area contributed by atoms with Crippen molar-refractivity contribution in [1.82, 2.24) is 0 Å². The van der Waals surface area contributed by atoms with Gasteiger partial charge in [0.15, 0.2) is 0 Å². The minimum absolute atomic E-state index is 1.02. The highest BCUT2D eigenvalue weighted by Gasteiger charge is 2.08. The largest absolute Gasteiger partial charge is 0.0905 e. The van der Waals surface area contributed by atoms with Crippen molar-refractivity contribution >= 4 is 34.7 Å². The number of unbranched alkanes of at least 4 members (excludes halogenated alkanes) is 4. The highest BCUT2D eigenvalue weighted by molar-refractivity contribution is 6.02. The summed E-state index contributed by atoms with van der Waals surface area (Å²) in [6.45, 7) is 21.5. The zero-order valence-corrected chi connectivity index (χ0v) is 19.1. The third kappa shape index (κ3) is 5.47. The molecule has 0 aliphatic carbocycles. The third-order valence-corrected chi connectivity index (χ3v) is 5.27. The quantitative estimate of drug-likeness (QED) is 0.316.